The zero-order chi connectivity index (χ0) is 17.3. The molecule has 0 bridgehead atoms. The first-order valence-electron chi connectivity index (χ1n) is 8.42. The lowest BCUT2D eigenvalue weighted by Crippen LogP contribution is -2.46. The van der Waals surface area contributed by atoms with E-state index in [4.69, 9.17) is 0 Å². The van der Waals surface area contributed by atoms with Crippen molar-refractivity contribution in [1.82, 2.24) is 9.21 Å². The predicted molar refractivity (Wildman–Crippen MR) is 98.5 cm³/mol. The Morgan fingerprint density at radius 1 is 1.12 bits per heavy atom. The van der Waals surface area contributed by atoms with Gasteiger partial charge in [0, 0.05) is 32.1 Å². The Kier molecular flexibility index (Phi) is 5.68. The smallest absolute Gasteiger partial charge is 0.252 e. The van der Waals surface area contributed by atoms with Crippen molar-refractivity contribution in [2.24, 2.45) is 11.8 Å². The van der Waals surface area contributed by atoms with Gasteiger partial charge in [0.25, 0.3) is 10.0 Å². The lowest BCUT2D eigenvalue weighted by atomic mass is 9.93. The summed E-state index contributed by atoms with van der Waals surface area (Å²) in [7, 11) is -3.43. The van der Waals surface area contributed by atoms with E-state index in [1.165, 1.54) is 15.6 Å². The fourth-order valence-corrected chi connectivity index (χ4v) is 7.03. The Morgan fingerprint density at radius 2 is 1.75 bits per heavy atom. The lowest BCUT2D eigenvalue weighted by molar-refractivity contribution is -0.138. The Labute approximate surface area is 156 Å². The van der Waals surface area contributed by atoms with E-state index < -0.39 is 10.0 Å². The molecule has 134 valence electrons. The van der Waals surface area contributed by atoms with E-state index in [1.54, 1.807) is 12.1 Å². The van der Waals surface area contributed by atoms with Crippen LogP contribution in [0.1, 0.15) is 32.6 Å². The van der Waals surface area contributed by atoms with Crippen LogP contribution in [0, 0.1) is 11.8 Å². The minimum atomic E-state index is -3.43. The average molecular weight is 435 g/mol. The molecule has 1 aromatic rings. The van der Waals surface area contributed by atoms with Crippen LogP contribution < -0.4 is 0 Å². The van der Waals surface area contributed by atoms with Crippen LogP contribution in [0.5, 0.6) is 0 Å². The van der Waals surface area contributed by atoms with Crippen molar-refractivity contribution in [3.8, 4) is 0 Å². The first-order valence-corrected chi connectivity index (χ1v) is 11.5. The molecule has 0 saturated carbocycles. The van der Waals surface area contributed by atoms with Crippen molar-refractivity contribution in [1.29, 1.82) is 0 Å². The molecule has 1 amide bonds. The highest BCUT2D eigenvalue weighted by Gasteiger charge is 2.35. The topological polar surface area (TPSA) is 57.7 Å². The molecule has 24 heavy (non-hydrogen) atoms. The number of nitrogens with zero attached hydrogens (tertiary/aromatic N) is 2. The largest absolute Gasteiger partial charge is 0.342 e. The SMILES string of the molecule is CC1CCN(C(=O)C2CCN(S(=O)(=O)c3ccc(Br)s3)CC2)CC1. The number of sulfonamides is 1. The van der Waals surface area contributed by atoms with Gasteiger partial charge in [-0.25, -0.2) is 8.42 Å². The summed E-state index contributed by atoms with van der Waals surface area (Å²) >= 11 is 4.54. The first kappa shape index (κ1) is 18.4. The molecule has 5 nitrogen and oxygen atoms in total. The lowest BCUT2D eigenvalue weighted by Gasteiger charge is -2.36. The number of hydrogen-bond donors (Lipinski definition) is 0. The van der Waals surface area contributed by atoms with Crippen LogP contribution in [0.2, 0.25) is 0 Å². The number of likely N-dealkylation sites (tertiary alicyclic amines) is 1. The van der Waals surface area contributed by atoms with Crippen LogP contribution in [-0.4, -0.2) is 49.7 Å². The van der Waals surface area contributed by atoms with E-state index in [0.29, 0.717) is 36.1 Å². The number of amides is 1. The van der Waals surface area contributed by atoms with Gasteiger partial charge in [0.2, 0.25) is 5.91 Å². The summed E-state index contributed by atoms with van der Waals surface area (Å²) in [5, 5.41) is 0. The number of carbonyl (C=O) groups excluding carboxylic acids is 1. The predicted octanol–water partition coefficient (Wildman–Crippen LogP) is 3.17. The average Bonchev–Trinajstić information content (AvgIpc) is 3.02. The molecule has 1 aromatic heterocycles. The summed E-state index contributed by atoms with van der Waals surface area (Å²) in [5.74, 6) is 0.893. The highest BCUT2D eigenvalue weighted by molar-refractivity contribution is 9.11. The fourth-order valence-electron chi connectivity index (χ4n) is 3.39. The Bertz CT molecular complexity index is 688. The van der Waals surface area contributed by atoms with Crippen LogP contribution in [0.25, 0.3) is 0 Å². The number of thiophene rings is 1. The van der Waals surface area contributed by atoms with E-state index in [9.17, 15) is 13.2 Å². The number of halogens is 1. The Morgan fingerprint density at radius 3 is 2.29 bits per heavy atom. The third kappa shape index (κ3) is 3.86. The molecule has 0 atom stereocenters. The van der Waals surface area contributed by atoms with Crippen molar-refractivity contribution >= 4 is 43.2 Å². The second-order valence-electron chi connectivity index (χ2n) is 6.74. The van der Waals surface area contributed by atoms with E-state index in [0.717, 1.165) is 29.7 Å². The van der Waals surface area contributed by atoms with Crippen molar-refractivity contribution < 1.29 is 13.2 Å². The van der Waals surface area contributed by atoms with Crippen LogP contribution in [0.4, 0.5) is 0 Å². The van der Waals surface area contributed by atoms with Crippen LogP contribution in [0.3, 0.4) is 0 Å². The van der Waals surface area contributed by atoms with Crippen molar-refractivity contribution in [3.05, 3.63) is 15.9 Å². The Hall–Kier alpha value is -0.440. The number of rotatable bonds is 3. The highest BCUT2D eigenvalue weighted by atomic mass is 79.9. The third-order valence-corrected chi connectivity index (χ3v) is 9.03. The molecule has 0 unspecified atom stereocenters. The number of hydrogen-bond acceptors (Lipinski definition) is 4. The van der Waals surface area contributed by atoms with Gasteiger partial charge in [-0.05, 0) is 59.7 Å². The first-order chi connectivity index (χ1) is 11.4. The quantitative estimate of drug-likeness (QED) is 0.733. The third-order valence-electron chi connectivity index (χ3n) is 5.04. The summed E-state index contributed by atoms with van der Waals surface area (Å²) in [6.07, 6.45) is 3.39. The Balaban J connectivity index is 1.58. The summed E-state index contributed by atoms with van der Waals surface area (Å²) in [4.78, 5) is 14.6. The van der Waals surface area contributed by atoms with E-state index in [2.05, 4.69) is 22.9 Å². The van der Waals surface area contributed by atoms with Crippen molar-refractivity contribution in [2.45, 2.75) is 36.8 Å². The number of piperidine rings is 2. The second kappa shape index (κ2) is 7.43. The minimum absolute atomic E-state index is 0.0278. The molecule has 0 spiro atoms. The van der Waals surface area contributed by atoms with Crippen LogP contribution >= 0.6 is 27.3 Å². The summed E-state index contributed by atoms with van der Waals surface area (Å²) in [6, 6.07) is 3.39. The molecule has 3 rings (SSSR count). The number of carbonyl (C=O) groups is 1. The van der Waals surface area contributed by atoms with Gasteiger partial charge < -0.3 is 4.90 Å². The van der Waals surface area contributed by atoms with Gasteiger partial charge in [-0.1, -0.05) is 6.92 Å². The zero-order valence-corrected chi connectivity index (χ0v) is 17.0. The molecular weight excluding hydrogens is 412 g/mol. The van der Waals surface area contributed by atoms with Gasteiger partial charge in [0.15, 0.2) is 0 Å². The maximum absolute atomic E-state index is 12.6. The summed E-state index contributed by atoms with van der Waals surface area (Å²) in [5.41, 5.74) is 0. The van der Waals surface area contributed by atoms with Gasteiger partial charge in [-0.2, -0.15) is 4.31 Å². The molecule has 2 saturated heterocycles. The highest BCUT2D eigenvalue weighted by Crippen LogP contribution is 2.31. The monoisotopic (exact) mass is 434 g/mol. The van der Waals surface area contributed by atoms with E-state index >= 15 is 0 Å². The standard InChI is InChI=1S/C16H23BrN2O3S2/c1-12-4-8-18(9-5-12)16(20)13-6-10-19(11-7-13)24(21,22)15-3-2-14(17)23-15/h2-3,12-13H,4-11H2,1H3. The minimum Gasteiger partial charge on any atom is -0.342 e. The molecule has 2 aliphatic heterocycles. The van der Waals surface area contributed by atoms with Gasteiger partial charge in [-0.15, -0.1) is 11.3 Å². The molecule has 0 N–H and O–H groups in total. The molecule has 2 fully saturated rings. The van der Waals surface area contributed by atoms with Crippen LogP contribution in [-0.2, 0) is 14.8 Å². The van der Waals surface area contributed by atoms with Gasteiger partial charge in [0.05, 0.1) is 3.79 Å². The van der Waals surface area contributed by atoms with E-state index in [-0.39, 0.29) is 11.8 Å². The normalized spacial score (nSPS) is 22.0. The molecule has 2 aliphatic rings. The van der Waals surface area contributed by atoms with E-state index in [1.807, 2.05) is 4.90 Å². The molecular formula is C16H23BrN2O3S2. The fraction of sp³-hybridized carbons (Fsp3) is 0.688. The maximum Gasteiger partial charge on any atom is 0.252 e. The summed E-state index contributed by atoms with van der Waals surface area (Å²) < 4.78 is 28.0. The van der Waals surface area contributed by atoms with Crippen molar-refractivity contribution in [2.75, 3.05) is 26.2 Å². The molecule has 3 heterocycles. The van der Waals surface area contributed by atoms with Gasteiger partial charge in [-0.3, -0.25) is 4.79 Å². The zero-order valence-electron chi connectivity index (χ0n) is 13.8. The van der Waals surface area contributed by atoms with Gasteiger partial charge in [0.1, 0.15) is 4.21 Å². The van der Waals surface area contributed by atoms with Crippen molar-refractivity contribution in [3.63, 3.8) is 0 Å². The maximum atomic E-state index is 12.6. The molecule has 0 aliphatic carbocycles. The molecule has 0 radical (unpaired) electrons. The van der Waals surface area contributed by atoms with Crippen LogP contribution in [0.15, 0.2) is 20.1 Å². The second-order valence-corrected chi connectivity index (χ2v) is 11.4. The molecule has 8 heteroatoms. The summed E-state index contributed by atoms with van der Waals surface area (Å²) in [6.45, 7) is 4.79. The van der Waals surface area contributed by atoms with Gasteiger partial charge >= 0.3 is 0 Å². The molecule has 0 aromatic carbocycles.